The minimum Gasteiger partial charge on any atom is -0.361 e. The Morgan fingerprint density at radius 2 is 1.25 bits per heavy atom. The second-order valence-corrected chi connectivity index (χ2v) is 14.6. The molecule has 7 N–H and O–H groups in total. The second kappa shape index (κ2) is 20.3. The molecule has 0 atom stereocenters. The fourth-order valence-electron chi connectivity index (χ4n) is 6.85. The fourth-order valence-corrected chi connectivity index (χ4v) is 7.71. The van der Waals surface area contributed by atoms with E-state index in [1.807, 2.05) is 65.6 Å². The maximum Gasteiger partial charge on any atom is 0.0931 e. The van der Waals surface area contributed by atoms with E-state index in [4.69, 9.17) is 0 Å². The fraction of sp³-hybridized carbons (Fsp3) is 0.302. The Kier molecular flexibility index (Phi) is 14.0. The number of aryl methyl sites for hydroxylation is 2. The van der Waals surface area contributed by atoms with Gasteiger partial charge in [0.2, 0.25) is 0 Å². The molecule has 8 heterocycles. The first kappa shape index (κ1) is 37.9. The molecule has 0 saturated carbocycles. The number of hydrogen-bond acceptors (Lipinski definition) is 8. The molecule has 0 bridgehead atoms. The Morgan fingerprint density at radius 3 is 2.07 bits per heavy atom. The van der Waals surface area contributed by atoms with E-state index < -0.39 is 0 Å². The van der Waals surface area contributed by atoms with E-state index in [9.17, 15) is 0 Å². The van der Waals surface area contributed by atoms with E-state index in [2.05, 4.69) is 98.5 Å². The number of fused-ring (bicyclic) bond motifs is 6. The average molecular weight is 754 g/mol. The van der Waals surface area contributed by atoms with Crippen LogP contribution in [-0.2, 0) is 51.7 Å². The summed E-state index contributed by atoms with van der Waals surface area (Å²) in [5.41, 5.74) is 14.7. The first-order valence-corrected chi connectivity index (χ1v) is 20.2. The van der Waals surface area contributed by atoms with E-state index in [-0.39, 0.29) is 0 Å². The summed E-state index contributed by atoms with van der Waals surface area (Å²) in [5.74, 6) is 0. The van der Waals surface area contributed by atoms with E-state index >= 15 is 0 Å². The van der Waals surface area contributed by atoms with Crippen molar-refractivity contribution in [2.24, 2.45) is 0 Å². The highest BCUT2D eigenvalue weighted by atomic mass is 32.1. The number of para-hydroxylation sites is 3. The average Bonchev–Trinajstić information content (AvgIpc) is 4.12. The highest BCUT2D eigenvalue weighted by molar-refractivity contribution is 7.09. The van der Waals surface area contributed by atoms with Crippen LogP contribution in [-0.4, -0.2) is 59.7 Å². The Bertz CT molecular complexity index is 1970. The molecule has 0 unspecified atom stereocenters. The summed E-state index contributed by atoms with van der Waals surface area (Å²) in [4.78, 5) is 23.2. The van der Waals surface area contributed by atoms with Gasteiger partial charge in [0.05, 0.1) is 58.2 Å². The molecule has 0 radical (unpaired) electrons. The van der Waals surface area contributed by atoms with E-state index in [1.165, 1.54) is 87.4 Å². The van der Waals surface area contributed by atoms with Crippen LogP contribution in [0.5, 0.6) is 0 Å². The van der Waals surface area contributed by atoms with E-state index in [0.717, 1.165) is 63.1 Å². The Balaban J connectivity index is 0.000000102. The SMILES string of the molecule is c1ccc2[nH]ccc2c1.c1ccc2[nH]cnc2c1.c1ccc2c(c1)CCNC2.c1n[nH]c2c1CCNC2.c1nc2c([nH]1)CNCC2.c1nc2c(s1)CCCC2. The molecular formula is C43H51N11S. The van der Waals surface area contributed by atoms with Gasteiger partial charge in [0, 0.05) is 49.2 Å². The van der Waals surface area contributed by atoms with Gasteiger partial charge in [-0.25, -0.2) is 15.0 Å². The van der Waals surface area contributed by atoms with Crippen molar-refractivity contribution >= 4 is 33.3 Å². The van der Waals surface area contributed by atoms with Crippen molar-refractivity contribution in [1.82, 2.24) is 56.1 Å². The molecule has 0 fully saturated rings. The number of nitrogens with zero attached hydrogens (tertiary/aromatic N) is 4. The lowest BCUT2D eigenvalue weighted by Crippen LogP contribution is -2.23. The lowest BCUT2D eigenvalue weighted by molar-refractivity contribution is 0.627. The van der Waals surface area contributed by atoms with Crippen LogP contribution in [0.3, 0.4) is 0 Å². The lowest BCUT2D eigenvalue weighted by Gasteiger charge is -2.15. The molecule has 8 aromatic rings. The number of benzene rings is 3. The van der Waals surface area contributed by atoms with Crippen molar-refractivity contribution in [2.45, 2.75) is 64.6 Å². The highest BCUT2D eigenvalue weighted by Gasteiger charge is 2.11. The zero-order valence-corrected chi connectivity index (χ0v) is 32.1. The zero-order chi connectivity index (χ0) is 37.3. The smallest absolute Gasteiger partial charge is 0.0931 e. The highest BCUT2D eigenvalue weighted by Crippen LogP contribution is 2.22. The Hall–Kier alpha value is -5.40. The predicted molar refractivity (Wildman–Crippen MR) is 223 cm³/mol. The van der Waals surface area contributed by atoms with Crippen molar-refractivity contribution in [2.75, 3.05) is 19.6 Å². The molecule has 284 valence electrons. The summed E-state index contributed by atoms with van der Waals surface area (Å²) in [6, 6.07) is 26.9. The summed E-state index contributed by atoms with van der Waals surface area (Å²) < 4.78 is 0. The van der Waals surface area contributed by atoms with Gasteiger partial charge in [0.25, 0.3) is 0 Å². The van der Waals surface area contributed by atoms with Gasteiger partial charge in [0.1, 0.15) is 0 Å². The molecule has 1 aliphatic carbocycles. The predicted octanol–water partition coefficient (Wildman–Crippen LogP) is 7.20. The van der Waals surface area contributed by atoms with Crippen LogP contribution in [0, 0.1) is 0 Å². The molecule has 0 amide bonds. The first-order valence-electron chi connectivity index (χ1n) is 19.3. The largest absolute Gasteiger partial charge is 0.361 e. The Labute approximate surface area is 326 Å². The third kappa shape index (κ3) is 11.1. The maximum atomic E-state index is 4.28. The number of aromatic nitrogens is 8. The number of aromatic amines is 4. The number of hydrogen-bond donors (Lipinski definition) is 7. The van der Waals surface area contributed by atoms with Crippen molar-refractivity contribution < 1.29 is 0 Å². The maximum absolute atomic E-state index is 4.28. The van der Waals surface area contributed by atoms with Crippen LogP contribution >= 0.6 is 11.3 Å². The topological polar surface area (TPSA) is 151 Å². The van der Waals surface area contributed by atoms with Crippen molar-refractivity contribution in [3.8, 4) is 0 Å². The molecule has 0 spiro atoms. The second-order valence-electron chi connectivity index (χ2n) is 13.7. The van der Waals surface area contributed by atoms with Crippen LogP contribution < -0.4 is 16.0 Å². The summed E-state index contributed by atoms with van der Waals surface area (Å²) >= 11 is 1.81. The van der Waals surface area contributed by atoms with Crippen LogP contribution in [0.1, 0.15) is 57.2 Å². The number of H-pyrrole nitrogens is 4. The number of rotatable bonds is 0. The summed E-state index contributed by atoms with van der Waals surface area (Å²) in [6.45, 7) is 6.25. The minimum absolute atomic E-state index is 0.954. The molecular weight excluding hydrogens is 703 g/mol. The summed E-state index contributed by atoms with van der Waals surface area (Å²) in [5, 5.41) is 18.0. The molecule has 55 heavy (non-hydrogen) atoms. The van der Waals surface area contributed by atoms with Crippen molar-refractivity contribution in [3.05, 3.63) is 154 Å². The van der Waals surface area contributed by atoms with Crippen LogP contribution in [0.25, 0.3) is 21.9 Å². The number of imidazole rings is 2. The van der Waals surface area contributed by atoms with Crippen LogP contribution in [0.2, 0.25) is 0 Å². The van der Waals surface area contributed by atoms with Crippen molar-refractivity contribution in [1.29, 1.82) is 0 Å². The quantitative estimate of drug-likeness (QED) is 0.0866. The van der Waals surface area contributed by atoms with Gasteiger partial charge < -0.3 is 30.9 Å². The lowest BCUT2D eigenvalue weighted by atomic mass is 10.0. The molecule has 11 nitrogen and oxygen atoms in total. The molecule has 0 saturated heterocycles. The van der Waals surface area contributed by atoms with Gasteiger partial charge in [-0.1, -0.05) is 54.6 Å². The number of thiazole rings is 1. The molecule has 12 rings (SSSR count). The molecule has 3 aromatic carbocycles. The third-order valence-corrected chi connectivity index (χ3v) is 10.9. The van der Waals surface area contributed by atoms with Crippen LogP contribution in [0.4, 0.5) is 0 Å². The summed E-state index contributed by atoms with van der Waals surface area (Å²) in [6.07, 6.45) is 15.9. The van der Waals surface area contributed by atoms with Gasteiger partial charge in [-0.2, -0.15) is 5.10 Å². The zero-order valence-electron chi connectivity index (χ0n) is 31.3. The summed E-state index contributed by atoms with van der Waals surface area (Å²) in [7, 11) is 0. The molecule has 12 heteroatoms. The minimum atomic E-state index is 0.954. The number of nitrogens with one attached hydrogen (secondary N) is 7. The monoisotopic (exact) mass is 753 g/mol. The third-order valence-electron chi connectivity index (χ3n) is 9.92. The van der Waals surface area contributed by atoms with Gasteiger partial charge in [0.15, 0.2) is 0 Å². The van der Waals surface area contributed by atoms with Gasteiger partial charge in [-0.3, -0.25) is 5.10 Å². The van der Waals surface area contributed by atoms with E-state index in [0.29, 0.717) is 0 Å². The van der Waals surface area contributed by atoms with Gasteiger partial charge in [-0.05, 0) is 98.0 Å². The first-order chi connectivity index (χ1) is 27.3. The molecule has 4 aliphatic rings. The van der Waals surface area contributed by atoms with Crippen LogP contribution in [0.15, 0.2) is 109 Å². The van der Waals surface area contributed by atoms with Gasteiger partial charge >= 0.3 is 0 Å². The van der Waals surface area contributed by atoms with Crippen molar-refractivity contribution in [3.63, 3.8) is 0 Å². The van der Waals surface area contributed by atoms with Gasteiger partial charge in [-0.15, -0.1) is 11.3 Å². The standard InChI is InChI=1S/C9H11N.C8H7N.C7H6N2.C7H9NS.2C6H9N3/c1-2-4-9-7-10-6-5-8(9)3-1;1-2-4-8-7(3-1)5-6-9-8;2*1-2-4-7-6(3-1)8-5-9-7;1-2-7-3-6-5(1)8-4-9-6;1-2-7-4-6-5(1)3-8-9-6/h1-4,10H,5-7H2;1-6,9H;1-5H,(H,8,9);5H,1-4H2;4,7H,1-3H2,(H,8,9);3,7H,1-2,4H2,(H,8,9). The van der Waals surface area contributed by atoms with E-state index in [1.54, 1.807) is 12.7 Å². The Morgan fingerprint density at radius 1 is 0.527 bits per heavy atom. The normalized spacial score (nSPS) is 14.8. The molecule has 3 aliphatic heterocycles. The molecule has 5 aromatic heterocycles.